The van der Waals surface area contributed by atoms with Gasteiger partial charge in [0.15, 0.2) is 0 Å². The summed E-state index contributed by atoms with van der Waals surface area (Å²) in [5, 5.41) is 3.51. The summed E-state index contributed by atoms with van der Waals surface area (Å²) in [6.07, 6.45) is 6.75. The molecule has 0 amide bonds. The van der Waals surface area contributed by atoms with Crippen LogP contribution in [0.2, 0.25) is 0 Å². The predicted molar refractivity (Wildman–Crippen MR) is 77.2 cm³/mol. The van der Waals surface area contributed by atoms with Crippen LogP contribution in [0.25, 0.3) is 0 Å². The molecule has 3 heteroatoms. The van der Waals surface area contributed by atoms with E-state index in [9.17, 15) is 0 Å². The highest BCUT2D eigenvalue weighted by atomic mass is 79.9. The van der Waals surface area contributed by atoms with Crippen molar-refractivity contribution in [2.24, 2.45) is 5.92 Å². The average molecular weight is 308 g/mol. The molecule has 0 saturated carbocycles. The van der Waals surface area contributed by atoms with Gasteiger partial charge in [0.2, 0.25) is 0 Å². The molecule has 3 atom stereocenters. The Bertz CT molecular complexity index is 417. The fraction of sp³-hybridized carbons (Fsp3) is 0.467. The Kier molecular flexibility index (Phi) is 4.82. The largest absolute Gasteiger partial charge is 0.381 e. The summed E-state index contributed by atoms with van der Waals surface area (Å²) in [6, 6.07) is 8.49. The van der Waals surface area contributed by atoms with Gasteiger partial charge in [-0.3, -0.25) is 5.32 Å². The molecule has 1 aromatic rings. The summed E-state index contributed by atoms with van der Waals surface area (Å²) in [5.41, 5.74) is 1.13. The van der Waals surface area contributed by atoms with Gasteiger partial charge in [-0.05, 0) is 37.0 Å². The summed E-state index contributed by atoms with van der Waals surface area (Å²) in [7, 11) is 0. The fourth-order valence-corrected chi connectivity index (χ4v) is 2.51. The molecule has 1 saturated heterocycles. The lowest BCUT2D eigenvalue weighted by atomic mass is 9.98. The maximum Gasteiger partial charge on any atom is 0.0945 e. The van der Waals surface area contributed by atoms with Gasteiger partial charge in [0, 0.05) is 17.1 Å². The third kappa shape index (κ3) is 3.35. The van der Waals surface area contributed by atoms with Gasteiger partial charge >= 0.3 is 0 Å². The van der Waals surface area contributed by atoms with Crippen molar-refractivity contribution in [2.45, 2.75) is 25.4 Å². The highest BCUT2D eigenvalue weighted by Crippen LogP contribution is 2.21. The Hall–Kier alpha value is -0.820. The maximum atomic E-state index is 5.63. The van der Waals surface area contributed by atoms with Gasteiger partial charge in [0.25, 0.3) is 0 Å². The quantitative estimate of drug-likeness (QED) is 0.863. The van der Waals surface area contributed by atoms with Crippen molar-refractivity contribution in [3.05, 3.63) is 34.3 Å². The Labute approximate surface area is 117 Å². The minimum Gasteiger partial charge on any atom is -0.381 e. The molecule has 0 radical (unpaired) electrons. The second-order valence-corrected chi connectivity index (χ2v) is 5.65. The topological polar surface area (TPSA) is 21.3 Å². The van der Waals surface area contributed by atoms with E-state index < -0.39 is 0 Å². The minimum absolute atomic E-state index is 0.0336. The second-order valence-electron chi connectivity index (χ2n) is 4.73. The monoisotopic (exact) mass is 307 g/mol. The van der Waals surface area contributed by atoms with E-state index in [0.717, 1.165) is 29.7 Å². The highest BCUT2D eigenvalue weighted by Gasteiger charge is 2.24. The number of halogens is 1. The number of terminal acetylenes is 1. The SMILES string of the molecule is C#CC(NC(C)C1CCOC1)c1ccc(Br)cc1. The van der Waals surface area contributed by atoms with Crippen molar-refractivity contribution >= 4 is 15.9 Å². The second kappa shape index (κ2) is 6.38. The molecule has 0 aromatic heterocycles. The van der Waals surface area contributed by atoms with Gasteiger partial charge in [-0.25, -0.2) is 0 Å². The first-order valence-electron chi connectivity index (χ1n) is 6.26. The van der Waals surface area contributed by atoms with Gasteiger partial charge in [0.05, 0.1) is 12.6 Å². The van der Waals surface area contributed by atoms with E-state index in [4.69, 9.17) is 11.2 Å². The van der Waals surface area contributed by atoms with Gasteiger partial charge < -0.3 is 4.74 Å². The maximum absolute atomic E-state index is 5.63. The molecule has 0 aliphatic carbocycles. The van der Waals surface area contributed by atoms with Crippen LogP contribution in [0.15, 0.2) is 28.7 Å². The third-order valence-electron chi connectivity index (χ3n) is 3.47. The van der Waals surface area contributed by atoms with Crippen molar-refractivity contribution in [2.75, 3.05) is 13.2 Å². The summed E-state index contributed by atoms with van der Waals surface area (Å²) in [4.78, 5) is 0. The highest BCUT2D eigenvalue weighted by molar-refractivity contribution is 9.10. The summed E-state index contributed by atoms with van der Waals surface area (Å²) < 4.78 is 6.49. The van der Waals surface area contributed by atoms with Crippen molar-refractivity contribution < 1.29 is 4.74 Å². The van der Waals surface area contributed by atoms with Crippen LogP contribution in [-0.2, 0) is 4.74 Å². The first-order chi connectivity index (χ1) is 8.70. The molecule has 0 spiro atoms. The van der Waals surface area contributed by atoms with E-state index in [-0.39, 0.29) is 6.04 Å². The molecule has 1 aliphatic heterocycles. The van der Waals surface area contributed by atoms with E-state index in [1.54, 1.807) is 0 Å². The standard InChI is InChI=1S/C15H18BrNO/c1-3-15(12-4-6-14(16)7-5-12)17-11(2)13-8-9-18-10-13/h1,4-7,11,13,15,17H,8-10H2,2H3. The Morgan fingerprint density at radius 3 is 2.72 bits per heavy atom. The van der Waals surface area contributed by atoms with Crippen LogP contribution in [0.5, 0.6) is 0 Å². The van der Waals surface area contributed by atoms with Crippen LogP contribution < -0.4 is 5.32 Å². The molecule has 1 heterocycles. The molecular formula is C15H18BrNO. The zero-order valence-corrected chi connectivity index (χ0v) is 12.1. The lowest BCUT2D eigenvalue weighted by molar-refractivity contribution is 0.177. The number of hydrogen-bond acceptors (Lipinski definition) is 2. The first kappa shape index (κ1) is 13.6. The summed E-state index contributed by atoms with van der Waals surface area (Å²) in [6.45, 7) is 3.89. The van der Waals surface area contributed by atoms with E-state index in [1.807, 2.05) is 12.1 Å². The molecule has 96 valence electrons. The molecule has 1 N–H and O–H groups in total. The smallest absolute Gasteiger partial charge is 0.0945 e. The third-order valence-corrected chi connectivity index (χ3v) is 4.00. The lowest BCUT2D eigenvalue weighted by Gasteiger charge is -2.23. The number of nitrogens with one attached hydrogen (secondary N) is 1. The molecule has 1 aliphatic rings. The Morgan fingerprint density at radius 2 is 2.17 bits per heavy atom. The molecule has 3 unspecified atom stereocenters. The molecule has 1 fully saturated rings. The molecule has 1 aromatic carbocycles. The molecule has 2 rings (SSSR count). The zero-order valence-electron chi connectivity index (χ0n) is 10.5. The molecular weight excluding hydrogens is 290 g/mol. The van der Waals surface area contributed by atoms with Crippen molar-refractivity contribution in [3.63, 3.8) is 0 Å². The van der Waals surface area contributed by atoms with E-state index in [0.29, 0.717) is 12.0 Å². The van der Waals surface area contributed by atoms with Crippen molar-refractivity contribution in [3.8, 4) is 12.3 Å². The van der Waals surface area contributed by atoms with E-state index in [1.165, 1.54) is 0 Å². The normalized spacial score (nSPS) is 22.4. The molecule has 0 bridgehead atoms. The van der Waals surface area contributed by atoms with Crippen LogP contribution in [0.4, 0.5) is 0 Å². The number of benzene rings is 1. The van der Waals surface area contributed by atoms with Crippen molar-refractivity contribution in [1.29, 1.82) is 0 Å². The van der Waals surface area contributed by atoms with Crippen LogP contribution in [0.3, 0.4) is 0 Å². The Morgan fingerprint density at radius 1 is 1.44 bits per heavy atom. The number of rotatable bonds is 4. The van der Waals surface area contributed by atoms with Gasteiger partial charge in [-0.1, -0.05) is 34.0 Å². The fourth-order valence-electron chi connectivity index (χ4n) is 2.24. The van der Waals surface area contributed by atoms with Crippen LogP contribution in [0.1, 0.15) is 24.9 Å². The average Bonchev–Trinajstić information content (AvgIpc) is 2.91. The van der Waals surface area contributed by atoms with Crippen LogP contribution >= 0.6 is 15.9 Å². The van der Waals surface area contributed by atoms with Crippen LogP contribution in [0, 0.1) is 18.3 Å². The summed E-state index contributed by atoms with van der Waals surface area (Å²) >= 11 is 3.43. The number of ether oxygens (including phenoxy) is 1. The lowest BCUT2D eigenvalue weighted by Crippen LogP contribution is -2.36. The van der Waals surface area contributed by atoms with Gasteiger partial charge in [-0.15, -0.1) is 6.42 Å². The first-order valence-corrected chi connectivity index (χ1v) is 7.05. The van der Waals surface area contributed by atoms with Gasteiger partial charge in [0.1, 0.15) is 0 Å². The van der Waals surface area contributed by atoms with E-state index >= 15 is 0 Å². The van der Waals surface area contributed by atoms with E-state index in [2.05, 4.69) is 46.2 Å². The van der Waals surface area contributed by atoms with Gasteiger partial charge in [-0.2, -0.15) is 0 Å². The molecule has 18 heavy (non-hydrogen) atoms. The minimum atomic E-state index is -0.0336. The molecule has 2 nitrogen and oxygen atoms in total. The predicted octanol–water partition coefficient (Wildman–Crippen LogP) is 3.14. The van der Waals surface area contributed by atoms with Crippen molar-refractivity contribution in [1.82, 2.24) is 5.32 Å². The zero-order chi connectivity index (χ0) is 13.0. The number of hydrogen-bond donors (Lipinski definition) is 1. The van der Waals surface area contributed by atoms with Crippen LogP contribution in [-0.4, -0.2) is 19.3 Å². The Balaban J connectivity index is 2.00. The summed E-state index contributed by atoms with van der Waals surface area (Å²) in [5.74, 6) is 3.39.